The number of fused-ring (bicyclic) bond motifs is 1. The Labute approximate surface area is 232 Å². The summed E-state index contributed by atoms with van der Waals surface area (Å²) >= 11 is 3.06. The topological polar surface area (TPSA) is 54.1 Å². The minimum atomic E-state index is -0.121. The maximum absolute atomic E-state index is 13.4. The summed E-state index contributed by atoms with van der Waals surface area (Å²) in [6, 6.07) is 22.5. The molecular formula is C32H32N2O2S2. The monoisotopic (exact) mass is 540 g/mol. The molecular weight excluding hydrogens is 508 g/mol. The molecule has 2 N–H and O–H groups in total. The van der Waals surface area contributed by atoms with Crippen molar-refractivity contribution in [2.24, 2.45) is 0 Å². The summed E-state index contributed by atoms with van der Waals surface area (Å²) in [5, 5.41) is 3.20. The second kappa shape index (κ2) is 11.5. The van der Waals surface area contributed by atoms with Gasteiger partial charge in [0, 0.05) is 20.7 Å². The number of aromatic nitrogens is 1. The van der Waals surface area contributed by atoms with E-state index < -0.39 is 0 Å². The van der Waals surface area contributed by atoms with E-state index in [2.05, 4.69) is 79.2 Å². The summed E-state index contributed by atoms with van der Waals surface area (Å²) in [6.45, 7) is 9.08. The van der Waals surface area contributed by atoms with Gasteiger partial charge in [0.25, 0.3) is 5.91 Å². The van der Waals surface area contributed by atoms with Crippen molar-refractivity contribution in [3.8, 4) is 16.2 Å². The number of carbonyl (C=O) groups is 1. The van der Waals surface area contributed by atoms with Crippen LogP contribution in [0.3, 0.4) is 0 Å². The van der Waals surface area contributed by atoms with Gasteiger partial charge in [-0.2, -0.15) is 0 Å². The van der Waals surface area contributed by atoms with Crippen LogP contribution in [0.2, 0.25) is 0 Å². The molecule has 5 aromatic rings. The van der Waals surface area contributed by atoms with Crippen LogP contribution in [0.5, 0.6) is 5.75 Å². The highest BCUT2D eigenvalue weighted by atomic mass is 32.2. The van der Waals surface area contributed by atoms with Crippen molar-refractivity contribution in [1.29, 1.82) is 0 Å². The predicted molar refractivity (Wildman–Crippen MR) is 161 cm³/mol. The van der Waals surface area contributed by atoms with Gasteiger partial charge in [-0.15, -0.1) is 11.3 Å². The van der Waals surface area contributed by atoms with Crippen LogP contribution in [-0.2, 0) is 6.42 Å². The largest absolute Gasteiger partial charge is 0.494 e. The number of aryl methyl sites for hydroxylation is 4. The lowest BCUT2D eigenvalue weighted by Gasteiger charge is -2.11. The molecule has 5 rings (SSSR count). The Morgan fingerprint density at radius 1 is 0.947 bits per heavy atom. The summed E-state index contributed by atoms with van der Waals surface area (Å²) in [7, 11) is 0. The highest BCUT2D eigenvalue weighted by molar-refractivity contribution is 7.98. The van der Waals surface area contributed by atoms with Gasteiger partial charge in [0.15, 0.2) is 0 Å². The predicted octanol–water partition coefficient (Wildman–Crippen LogP) is 8.58. The van der Waals surface area contributed by atoms with Crippen molar-refractivity contribution < 1.29 is 9.53 Å². The van der Waals surface area contributed by atoms with Gasteiger partial charge in [0.1, 0.15) is 11.4 Å². The number of ether oxygens (including phenoxy) is 1. The van der Waals surface area contributed by atoms with Gasteiger partial charge >= 0.3 is 0 Å². The van der Waals surface area contributed by atoms with Crippen LogP contribution in [0.25, 0.3) is 21.3 Å². The number of carbonyl (C=O) groups excluding carboxylic acids is 1. The number of rotatable bonds is 9. The average Bonchev–Trinajstić information content (AvgIpc) is 3.52. The molecule has 0 fully saturated rings. The molecule has 0 aliphatic heterocycles. The SMILES string of the molecule is Cc1ccsc1-c1cccc2c(CCCOc3cc(C)c(C)c(C)c3)c(C(=O)NSc3ccccc3)[nH]c12. The molecule has 0 unspecified atom stereocenters. The molecule has 0 radical (unpaired) electrons. The number of amides is 1. The van der Waals surface area contributed by atoms with Crippen molar-refractivity contribution in [2.45, 2.75) is 45.4 Å². The fourth-order valence-corrected chi connectivity index (χ4v) is 6.29. The maximum Gasteiger partial charge on any atom is 0.278 e. The first-order chi connectivity index (χ1) is 18.4. The zero-order valence-electron chi connectivity index (χ0n) is 22.2. The first-order valence-electron chi connectivity index (χ1n) is 12.8. The summed E-state index contributed by atoms with van der Waals surface area (Å²) in [5.74, 6) is 0.779. The van der Waals surface area contributed by atoms with Gasteiger partial charge in [-0.1, -0.05) is 36.4 Å². The van der Waals surface area contributed by atoms with E-state index in [1.807, 2.05) is 30.3 Å². The Hall–Kier alpha value is -3.48. The fourth-order valence-electron chi connectivity index (χ4n) is 4.73. The van der Waals surface area contributed by atoms with E-state index in [1.54, 1.807) is 11.3 Å². The Morgan fingerprint density at radius 3 is 2.42 bits per heavy atom. The second-order valence-electron chi connectivity index (χ2n) is 9.62. The fraction of sp³-hybridized carbons (Fsp3) is 0.219. The van der Waals surface area contributed by atoms with Crippen LogP contribution >= 0.6 is 23.3 Å². The summed E-state index contributed by atoms with van der Waals surface area (Å²) < 4.78 is 9.16. The third-order valence-corrected chi connectivity index (χ3v) is 8.87. The summed E-state index contributed by atoms with van der Waals surface area (Å²) in [6.07, 6.45) is 1.53. The molecule has 6 heteroatoms. The minimum Gasteiger partial charge on any atom is -0.494 e. The molecule has 0 saturated carbocycles. The zero-order chi connectivity index (χ0) is 26.6. The molecule has 4 nitrogen and oxygen atoms in total. The van der Waals surface area contributed by atoms with Gasteiger partial charge < -0.3 is 9.72 Å². The normalized spacial score (nSPS) is 11.2. The van der Waals surface area contributed by atoms with Crippen molar-refractivity contribution >= 4 is 40.1 Å². The molecule has 38 heavy (non-hydrogen) atoms. The van der Waals surface area contributed by atoms with Crippen LogP contribution in [0.4, 0.5) is 0 Å². The lowest BCUT2D eigenvalue weighted by molar-refractivity contribution is 0.0979. The number of nitrogens with one attached hydrogen (secondary N) is 2. The summed E-state index contributed by atoms with van der Waals surface area (Å²) in [4.78, 5) is 19.2. The Balaban J connectivity index is 1.41. The molecule has 194 valence electrons. The van der Waals surface area contributed by atoms with Gasteiger partial charge in [-0.25, -0.2) is 0 Å². The molecule has 0 bridgehead atoms. The lowest BCUT2D eigenvalue weighted by Crippen LogP contribution is -2.18. The van der Waals surface area contributed by atoms with E-state index in [1.165, 1.54) is 39.1 Å². The van der Waals surface area contributed by atoms with Crippen LogP contribution < -0.4 is 9.46 Å². The summed E-state index contributed by atoms with van der Waals surface area (Å²) in [5.41, 5.74) is 8.81. The van der Waals surface area contributed by atoms with Crippen molar-refractivity contribution in [1.82, 2.24) is 9.71 Å². The molecule has 0 atom stereocenters. The first-order valence-corrected chi connectivity index (χ1v) is 14.5. The Morgan fingerprint density at radius 2 is 1.71 bits per heavy atom. The van der Waals surface area contributed by atoms with Crippen molar-refractivity contribution in [3.05, 3.63) is 106 Å². The van der Waals surface area contributed by atoms with Crippen molar-refractivity contribution in [3.63, 3.8) is 0 Å². The standard InChI is InChI=1S/C32H32N2O2S2/c1-20-15-17-37-31(20)28-13-8-12-26-27(14-9-16-36-24-18-21(2)23(4)22(3)19-24)30(33-29(26)28)32(35)34-38-25-10-6-5-7-11-25/h5-8,10-13,15,17-19,33H,9,14,16H2,1-4H3,(H,34,35). The Bertz CT molecular complexity index is 1560. The van der Waals surface area contributed by atoms with Gasteiger partial charge in [-0.3, -0.25) is 9.52 Å². The third kappa shape index (κ3) is 5.52. The molecule has 0 aliphatic rings. The molecule has 3 aromatic carbocycles. The van der Waals surface area contributed by atoms with Crippen LogP contribution in [-0.4, -0.2) is 17.5 Å². The zero-order valence-corrected chi connectivity index (χ0v) is 23.8. The van der Waals surface area contributed by atoms with E-state index in [4.69, 9.17) is 4.74 Å². The van der Waals surface area contributed by atoms with Crippen LogP contribution in [0, 0.1) is 27.7 Å². The van der Waals surface area contributed by atoms with Gasteiger partial charge in [-0.05, 0) is 116 Å². The van der Waals surface area contributed by atoms with E-state index >= 15 is 0 Å². The smallest absolute Gasteiger partial charge is 0.278 e. The molecule has 1 amide bonds. The van der Waals surface area contributed by atoms with E-state index in [9.17, 15) is 4.79 Å². The minimum absolute atomic E-state index is 0.121. The highest BCUT2D eigenvalue weighted by Crippen LogP contribution is 2.37. The van der Waals surface area contributed by atoms with E-state index in [0.29, 0.717) is 12.3 Å². The lowest BCUT2D eigenvalue weighted by atomic mass is 10.0. The van der Waals surface area contributed by atoms with Crippen LogP contribution in [0.15, 0.2) is 77.0 Å². The average molecular weight is 541 g/mol. The number of para-hydroxylation sites is 1. The quantitative estimate of drug-likeness (QED) is 0.145. The number of hydrogen-bond donors (Lipinski definition) is 2. The third-order valence-electron chi connectivity index (χ3n) is 7.02. The molecule has 2 aromatic heterocycles. The number of thiophene rings is 1. The highest BCUT2D eigenvalue weighted by Gasteiger charge is 2.21. The number of hydrogen-bond acceptors (Lipinski definition) is 4. The molecule has 2 heterocycles. The molecule has 0 aliphatic carbocycles. The Kier molecular flexibility index (Phi) is 7.91. The molecule has 0 spiro atoms. The number of benzene rings is 3. The number of H-pyrrole nitrogens is 1. The van der Waals surface area contributed by atoms with Gasteiger partial charge in [0.2, 0.25) is 0 Å². The molecule has 0 saturated heterocycles. The van der Waals surface area contributed by atoms with Crippen molar-refractivity contribution in [2.75, 3.05) is 6.61 Å². The van der Waals surface area contributed by atoms with E-state index in [-0.39, 0.29) is 5.91 Å². The number of aromatic amines is 1. The maximum atomic E-state index is 13.4. The van der Waals surface area contributed by atoms with E-state index in [0.717, 1.165) is 45.5 Å². The second-order valence-corrected chi connectivity index (χ2v) is 11.4. The van der Waals surface area contributed by atoms with Crippen LogP contribution in [0.1, 0.15) is 44.7 Å². The van der Waals surface area contributed by atoms with Gasteiger partial charge in [0.05, 0.1) is 12.1 Å². The first kappa shape index (κ1) is 26.1.